The summed E-state index contributed by atoms with van der Waals surface area (Å²) in [4.78, 5) is 0. The molecule has 3 heteroatoms. The Hall–Kier alpha value is -0.380. The van der Waals surface area contributed by atoms with E-state index in [0.717, 1.165) is 19.6 Å². The monoisotopic (exact) mass is 227 g/mol. The van der Waals surface area contributed by atoms with Crippen LogP contribution in [0, 0.1) is 0 Å². The van der Waals surface area contributed by atoms with E-state index in [2.05, 4.69) is 42.9 Å². The average molecular weight is 227 g/mol. The molecular formula is C12H21NOS. The first-order valence-electron chi connectivity index (χ1n) is 5.57. The van der Waals surface area contributed by atoms with Crippen molar-refractivity contribution < 1.29 is 4.74 Å². The molecule has 2 nitrogen and oxygen atoms in total. The standard InChI is InChI=1S/C12H21NOS/c1-10(2)14-7-4-6-13-11(3)12-5-8-15-9-12/h5,8-11,13H,4,6-7H2,1-3H3. The van der Waals surface area contributed by atoms with E-state index >= 15 is 0 Å². The summed E-state index contributed by atoms with van der Waals surface area (Å²) in [6.45, 7) is 8.21. The summed E-state index contributed by atoms with van der Waals surface area (Å²) in [5.41, 5.74) is 1.38. The van der Waals surface area contributed by atoms with Gasteiger partial charge in [-0.3, -0.25) is 0 Å². The van der Waals surface area contributed by atoms with E-state index in [1.54, 1.807) is 11.3 Å². The van der Waals surface area contributed by atoms with Gasteiger partial charge in [-0.05, 0) is 56.1 Å². The molecule has 0 aliphatic rings. The lowest BCUT2D eigenvalue weighted by Crippen LogP contribution is -2.21. The first kappa shape index (κ1) is 12.7. The minimum Gasteiger partial charge on any atom is -0.379 e. The van der Waals surface area contributed by atoms with Crippen LogP contribution < -0.4 is 5.32 Å². The highest BCUT2D eigenvalue weighted by molar-refractivity contribution is 7.07. The summed E-state index contributed by atoms with van der Waals surface area (Å²) in [5.74, 6) is 0. The average Bonchev–Trinajstić information content (AvgIpc) is 2.69. The molecule has 1 rings (SSSR count). The number of hydrogen-bond acceptors (Lipinski definition) is 3. The van der Waals surface area contributed by atoms with Crippen molar-refractivity contribution in [1.82, 2.24) is 5.32 Å². The highest BCUT2D eigenvalue weighted by Crippen LogP contribution is 2.15. The van der Waals surface area contributed by atoms with Gasteiger partial charge in [0, 0.05) is 12.6 Å². The van der Waals surface area contributed by atoms with Crippen molar-refractivity contribution in [3.05, 3.63) is 22.4 Å². The second kappa shape index (κ2) is 6.99. The SMILES string of the molecule is CC(C)OCCCNC(C)c1ccsc1. The van der Waals surface area contributed by atoms with Crippen molar-refractivity contribution >= 4 is 11.3 Å². The maximum absolute atomic E-state index is 5.48. The van der Waals surface area contributed by atoms with E-state index in [1.165, 1.54) is 5.56 Å². The van der Waals surface area contributed by atoms with Gasteiger partial charge in [0.1, 0.15) is 0 Å². The fourth-order valence-corrected chi connectivity index (χ4v) is 2.10. The predicted octanol–water partition coefficient (Wildman–Crippen LogP) is 3.21. The van der Waals surface area contributed by atoms with Crippen LogP contribution in [0.3, 0.4) is 0 Å². The predicted molar refractivity (Wildman–Crippen MR) is 66.4 cm³/mol. The van der Waals surface area contributed by atoms with E-state index in [4.69, 9.17) is 4.74 Å². The van der Waals surface area contributed by atoms with Crippen LogP contribution in [0.1, 0.15) is 38.8 Å². The Morgan fingerprint density at radius 2 is 2.20 bits per heavy atom. The number of hydrogen-bond donors (Lipinski definition) is 1. The normalized spacial score (nSPS) is 13.3. The van der Waals surface area contributed by atoms with Gasteiger partial charge in [0.15, 0.2) is 0 Å². The topological polar surface area (TPSA) is 21.3 Å². The molecule has 1 aromatic rings. The van der Waals surface area contributed by atoms with Crippen LogP contribution in [0.5, 0.6) is 0 Å². The Kier molecular flexibility index (Phi) is 5.91. The van der Waals surface area contributed by atoms with Crippen molar-refractivity contribution in [3.8, 4) is 0 Å². The third-order valence-corrected chi connectivity index (χ3v) is 2.97. The van der Waals surface area contributed by atoms with E-state index in [-0.39, 0.29) is 0 Å². The molecule has 1 heterocycles. The molecule has 1 atom stereocenters. The van der Waals surface area contributed by atoms with Crippen LogP contribution in [-0.4, -0.2) is 19.3 Å². The number of rotatable bonds is 7. The molecule has 0 bridgehead atoms. The van der Waals surface area contributed by atoms with Gasteiger partial charge in [-0.25, -0.2) is 0 Å². The minimum atomic E-state index is 0.347. The Morgan fingerprint density at radius 1 is 1.40 bits per heavy atom. The second-order valence-electron chi connectivity index (χ2n) is 4.01. The summed E-state index contributed by atoms with van der Waals surface area (Å²) in [5, 5.41) is 7.80. The van der Waals surface area contributed by atoms with Gasteiger partial charge in [-0.2, -0.15) is 11.3 Å². The number of ether oxygens (including phenoxy) is 1. The summed E-state index contributed by atoms with van der Waals surface area (Å²) in [6.07, 6.45) is 1.42. The highest BCUT2D eigenvalue weighted by Gasteiger charge is 2.03. The first-order valence-corrected chi connectivity index (χ1v) is 6.51. The smallest absolute Gasteiger partial charge is 0.0518 e. The summed E-state index contributed by atoms with van der Waals surface area (Å²) >= 11 is 1.75. The Morgan fingerprint density at radius 3 is 2.80 bits per heavy atom. The van der Waals surface area contributed by atoms with E-state index in [9.17, 15) is 0 Å². The largest absolute Gasteiger partial charge is 0.379 e. The molecule has 0 spiro atoms. The first-order chi connectivity index (χ1) is 7.20. The molecule has 0 saturated carbocycles. The molecule has 0 aromatic carbocycles. The van der Waals surface area contributed by atoms with Gasteiger partial charge in [0.25, 0.3) is 0 Å². The second-order valence-corrected chi connectivity index (χ2v) is 4.79. The lowest BCUT2D eigenvalue weighted by molar-refractivity contribution is 0.0768. The van der Waals surface area contributed by atoms with Crippen LogP contribution in [0.4, 0.5) is 0 Å². The third-order valence-electron chi connectivity index (χ3n) is 2.27. The van der Waals surface area contributed by atoms with E-state index in [0.29, 0.717) is 12.1 Å². The molecule has 0 saturated heterocycles. The third kappa shape index (κ3) is 5.30. The van der Waals surface area contributed by atoms with Gasteiger partial charge < -0.3 is 10.1 Å². The maximum Gasteiger partial charge on any atom is 0.0518 e. The molecule has 0 amide bonds. The molecule has 0 aliphatic heterocycles. The van der Waals surface area contributed by atoms with Crippen LogP contribution in [-0.2, 0) is 4.74 Å². The molecule has 0 aliphatic carbocycles. The zero-order valence-corrected chi connectivity index (χ0v) is 10.6. The van der Waals surface area contributed by atoms with Crippen molar-refractivity contribution in [3.63, 3.8) is 0 Å². The molecule has 1 N–H and O–H groups in total. The van der Waals surface area contributed by atoms with Crippen molar-refractivity contribution in [2.24, 2.45) is 0 Å². The summed E-state index contributed by atoms with van der Waals surface area (Å²) in [7, 11) is 0. The molecule has 15 heavy (non-hydrogen) atoms. The van der Waals surface area contributed by atoms with Crippen LogP contribution in [0.15, 0.2) is 16.8 Å². The van der Waals surface area contributed by atoms with Crippen molar-refractivity contribution in [2.45, 2.75) is 39.3 Å². The fourth-order valence-electron chi connectivity index (χ4n) is 1.35. The molecule has 1 unspecified atom stereocenters. The highest BCUT2D eigenvalue weighted by atomic mass is 32.1. The van der Waals surface area contributed by atoms with Crippen LogP contribution >= 0.6 is 11.3 Å². The number of thiophene rings is 1. The van der Waals surface area contributed by atoms with Crippen LogP contribution in [0.2, 0.25) is 0 Å². The molecule has 0 fully saturated rings. The Balaban J connectivity index is 2.05. The van der Waals surface area contributed by atoms with Gasteiger partial charge in [0.05, 0.1) is 6.10 Å². The summed E-state index contributed by atoms with van der Waals surface area (Å²) < 4.78 is 5.48. The van der Waals surface area contributed by atoms with Crippen molar-refractivity contribution in [1.29, 1.82) is 0 Å². The zero-order chi connectivity index (χ0) is 11.1. The van der Waals surface area contributed by atoms with Gasteiger partial charge >= 0.3 is 0 Å². The molecule has 86 valence electrons. The van der Waals surface area contributed by atoms with E-state index in [1.807, 2.05) is 0 Å². The Labute approximate surface area is 96.7 Å². The molecule has 1 aromatic heterocycles. The van der Waals surface area contributed by atoms with Crippen LogP contribution in [0.25, 0.3) is 0 Å². The summed E-state index contributed by atoms with van der Waals surface area (Å²) in [6, 6.07) is 2.63. The molecular weight excluding hydrogens is 206 g/mol. The minimum absolute atomic E-state index is 0.347. The van der Waals surface area contributed by atoms with Gasteiger partial charge in [-0.1, -0.05) is 0 Å². The maximum atomic E-state index is 5.48. The van der Waals surface area contributed by atoms with Gasteiger partial charge in [0.2, 0.25) is 0 Å². The fraction of sp³-hybridized carbons (Fsp3) is 0.667. The quantitative estimate of drug-likeness (QED) is 0.722. The Bertz CT molecular complexity index is 246. The lowest BCUT2D eigenvalue weighted by Gasteiger charge is -2.13. The number of nitrogens with one attached hydrogen (secondary N) is 1. The zero-order valence-electron chi connectivity index (χ0n) is 9.82. The molecule has 0 radical (unpaired) electrons. The lowest BCUT2D eigenvalue weighted by atomic mass is 10.2. The van der Waals surface area contributed by atoms with Gasteiger partial charge in [-0.15, -0.1) is 0 Å². The van der Waals surface area contributed by atoms with Crippen molar-refractivity contribution in [2.75, 3.05) is 13.2 Å². The van der Waals surface area contributed by atoms with E-state index < -0.39 is 0 Å².